The Morgan fingerprint density at radius 1 is 0.268 bits per heavy atom. The highest BCUT2D eigenvalue weighted by Gasteiger charge is 2.22. The van der Waals surface area contributed by atoms with E-state index < -0.39 is 0 Å². The van der Waals surface area contributed by atoms with Gasteiger partial charge in [-0.05, 0) is 91.4 Å². The van der Waals surface area contributed by atoms with Gasteiger partial charge in [0.1, 0.15) is 0 Å². The first kappa shape index (κ1) is 34.5. The van der Waals surface area contributed by atoms with Crippen LogP contribution in [0.25, 0.3) is 89.8 Å². The van der Waals surface area contributed by atoms with Crippen LogP contribution in [0.4, 0.5) is 0 Å². The molecule has 0 saturated heterocycles. The Labute approximate surface area is 328 Å². The van der Waals surface area contributed by atoms with Crippen LogP contribution >= 0.6 is 0 Å². The summed E-state index contributed by atoms with van der Waals surface area (Å²) in [6, 6.07) is 70.8. The van der Waals surface area contributed by atoms with Crippen molar-refractivity contribution in [2.75, 3.05) is 0 Å². The number of hydrogen-bond donors (Lipinski definition) is 0. The Bertz CT molecular complexity index is 2790. The third-order valence-electron chi connectivity index (χ3n) is 10.6. The van der Waals surface area contributed by atoms with E-state index in [1.807, 2.05) is 24.3 Å². The number of fused-ring (bicyclic) bond motifs is 3. The van der Waals surface area contributed by atoms with Crippen molar-refractivity contribution in [1.82, 2.24) is 15.0 Å². The Kier molecular flexibility index (Phi) is 9.18. The van der Waals surface area contributed by atoms with Crippen molar-refractivity contribution >= 4 is 0 Å². The molecule has 0 spiro atoms. The van der Waals surface area contributed by atoms with Crippen LogP contribution in [0.3, 0.4) is 0 Å². The number of rotatable bonds is 7. The minimum Gasteiger partial charge on any atom is -0.208 e. The van der Waals surface area contributed by atoms with Crippen LogP contribution in [0.1, 0.15) is 18.6 Å². The highest BCUT2D eigenvalue weighted by molar-refractivity contribution is 5.88. The predicted molar refractivity (Wildman–Crippen MR) is 233 cm³/mol. The Hall–Kier alpha value is -7.23. The van der Waals surface area contributed by atoms with Gasteiger partial charge in [-0.25, -0.2) is 15.0 Å². The lowest BCUT2D eigenvalue weighted by molar-refractivity contribution is 1.07. The van der Waals surface area contributed by atoms with E-state index in [0.29, 0.717) is 17.5 Å². The lowest BCUT2D eigenvalue weighted by atomic mass is 9.91. The minimum absolute atomic E-state index is 0. The predicted octanol–water partition coefficient (Wildman–Crippen LogP) is 13.7. The molecule has 56 heavy (non-hydrogen) atoms. The molecule has 0 atom stereocenters. The van der Waals surface area contributed by atoms with Crippen molar-refractivity contribution in [2.24, 2.45) is 0 Å². The molecule has 9 aromatic rings. The Morgan fingerprint density at radius 2 is 0.643 bits per heavy atom. The van der Waals surface area contributed by atoms with Gasteiger partial charge in [0.15, 0.2) is 17.5 Å². The van der Waals surface area contributed by atoms with E-state index in [2.05, 4.69) is 176 Å². The molecule has 0 amide bonds. The van der Waals surface area contributed by atoms with Crippen molar-refractivity contribution < 1.29 is 0 Å². The lowest BCUT2D eigenvalue weighted by Gasteiger charge is -2.15. The summed E-state index contributed by atoms with van der Waals surface area (Å²) in [5.74, 6) is 1.91. The first-order chi connectivity index (χ1) is 27.2. The van der Waals surface area contributed by atoms with Gasteiger partial charge in [-0.2, -0.15) is 0 Å². The smallest absolute Gasteiger partial charge is 0.164 e. The zero-order valence-corrected chi connectivity index (χ0v) is 30.1. The second-order valence-corrected chi connectivity index (χ2v) is 14.0. The molecular weight excluding hydrogens is 679 g/mol. The van der Waals surface area contributed by atoms with E-state index >= 15 is 0 Å². The minimum atomic E-state index is 0. The second-order valence-electron chi connectivity index (χ2n) is 14.0. The van der Waals surface area contributed by atoms with Gasteiger partial charge >= 0.3 is 0 Å². The van der Waals surface area contributed by atoms with E-state index in [1.165, 1.54) is 44.5 Å². The maximum absolute atomic E-state index is 5.21. The quantitative estimate of drug-likeness (QED) is 0.165. The van der Waals surface area contributed by atoms with Gasteiger partial charge < -0.3 is 0 Å². The van der Waals surface area contributed by atoms with Crippen LogP contribution < -0.4 is 0 Å². The molecule has 0 saturated carbocycles. The zero-order chi connectivity index (χ0) is 36.6. The molecule has 0 bridgehead atoms. The summed E-state index contributed by atoms with van der Waals surface area (Å²) in [5, 5.41) is 0. The van der Waals surface area contributed by atoms with Crippen LogP contribution in [0.2, 0.25) is 0 Å². The van der Waals surface area contributed by atoms with Crippen LogP contribution in [-0.4, -0.2) is 15.0 Å². The normalized spacial score (nSPS) is 11.4. The topological polar surface area (TPSA) is 38.7 Å². The Balaban J connectivity index is 0.00000410. The van der Waals surface area contributed by atoms with E-state index in [9.17, 15) is 0 Å². The second kappa shape index (κ2) is 14.9. The summed E-state index contributed by atoms with van der Waals surface area (Å²) < 4.78 is 0. The van der Waals surface area contributed by atoms with Crippen molar-refractivity contribution in [3.63, 3.8) is 0 Å². The molecule has 0 fully saturated rings. The molecule has 10 rings (SSSR count). The first-order valence-corrected chi connectivity index (χ1v) is 18.7. The van der Waals surface area contributed by atoms with Gasteiger partial charge in [0.25, 0.3) is 0 Å². The van der Waals surface area contributed by atoms with Crippen LogP contribution in [0.15, 0.2) is 200 Å². The van der Waals surface area contributed by atoms with Crippen molar-refractivity contribution in [2.45, 2.75) is 13.8 Å². The molecule has 266 valence electrons. The molecule has 3 nitrogen and oxygen atoms in total. The third kappa shape index (κ3) is 6.61. The van der Waals surface area contributed by atoms with Crippen molar-refractivity contribution in [3.05, 3.63) is 211 Å². The van der Waals surface area contributed by atoms with Crippen LogP contribution in [0, 0.1) is 0 Å². The van der Waals surface area contributed by atoms with E-state index in [4.69, 9.17) is 15.0 Å². The summed E-state index contributed by atoms with van der Waals surface area (Å²) in [7, 11) is 0. The van der Waals surface area contributed by atoms with Crippen LogP contribution in [-0.2, 0) is 6.42 Å². The molecule has 8 aromatic carbocycles. The number of aromatic nitrogens is 3. The number of nitrogens with zero attached hydrogens (tertiary/aromatic N) is 3. The summed E-state index contributed by atoms with van der Waals surface area (Å²) in [5.41, 5.74) is 17.5. The summed E-state index contributed by atoms with van der Waals surface area (Å²) in [6.45, 7) is 0. The highest BCUT2D eigenvalue weighted by atomic mass is 15.0. The molecule has 0 radical (unpaired) electrons. The average molecular weight is 718 g/mol. The third-order valence-corrected chi connectivity index (χ3v) is 10.6. The molecule has 0 N–H and O–H groups in total. The zero-order valence-electron chi connectivity index (χ0n) is 30.1. The fourth-order valence-corrected chi connectivity index (χ4v) is 7.79. The van der Waals surface area contributed by atoms with Gasteiger partial charge in [-0.15, -0.1) is 0 Å². The Morgan fingerprint density at radius 3 is 1.23 bits per heavy atom. The van der Waals surface area contributed by atoms with Gasteiger partial charge in [0.2, 0.25) is 0 Å². The SMILES string of the molecule is C.c1ccc(-c2ccc(-c3cc(-c4nc(-c5ccccc5)nc(-c5ccc(-c6ccccc6)cc5)n4)cc(-c4cccc5c4Cc4ccccc4-5)c3)cc2)cc1. The van der Waals surface area contributed by atoms with E-state index in [-0.39, 0.29) is 7.43 Å². The first-order valence-electron chi connectivity index (χ1n) is 18.7. The molecule has 1 heterocycles. The molecule has 1 aromatic heterocycles. The maximum atomic E-state index is 5.21. The lowest BCUT2D eigenvalue weighted by Crippen LogP contribution is -2.01. The fourth-order valence-electron chi connectivity index (χ4n) is 7.79. The van der Waals surface area contributed by atoms with Gasteiger partial charge in [0, 0.05) is 16.7 Å². The molecular formula is C53H39N3. The molecule has 1 aliphatic carbocycles. The van der Waals surface area contributed by atoms with Gasteiger partial charge in [-0.3, -0.25) is 0 Å². The standard InChI is InChI=1S/C52H35N3.CH4/c1-4-13-35(14-5-1)37-23-25-39(26-24-37)43-31-44(47-21-12-22-48-46-20-11-10-19-42(46)34-49(47)48)33-45(32-43)52-54-50(40-17-8-3-9-18-40)53-51(55-52)41-29-27-38(28-30-41)36-15-6-2-7-16-36;/h1-33H,34H2;1H4. The van der Waals surface area contributed by atoms with Gasteiger partial charge in [0.05, 0.1) is 0 Å². The average Bonchev–Trinajstić information content (AvgIpc) is 3.66. The fraction of sp³-hybridized carbons (Fsp3) is 0.0377. The van der Waals surface area contributed by atoms with E-state index in [1.54, 1.807) is 0 Å². The van der Waals surface area contributed by atoms with E-state index in [0.717, 1.165) is 45.4 Å². The maximum Gasteiger partial charge on any atom is 0.164 e. The molecule has 0 aliphatic heterocycles. The monoisotopic (exact) mass is 717 g/mol. The van der Waals surface area contributed by atoms with Gasteiger partial charge in [-0.1, -0.05) is 189 Å². The largest absolute Gasteiger partial charge is 0.208 e. The number of benzene rings is 8. The molecule has 3 heteroatoms. The highest BCUT2D eigenvalue weighted by Crippen LogP contribution is 2.43. The molecule has 0 unspecified atom stereocenters. The molecule has 1 aliphatic rings. The summed E-state index contributed by atoms with van der Waals surface area (Å²) >= 11 is 0. The summed E-state index contributed by atoms with van der Waals surface area (Å²) in [4.78, 5) is 15.4. The number of hydrogen-bond acceptors (Lipinski definition) is 3. The van der Waals surface area contributed by atoms with Crippen molar-refractivity contribution in [3.8, 4) is 89.8 Å². The van der Waals surface area contributed by atoms with Crippen molar-refractivity contribution in [1.29, 1.82) is 0 Å². The van der Waals surface area contributed by atoms with Crippen LogP contribution in [0.5, 0.6) is 0 Å². The summed E-state index contributed by atoms with van der Waals surface area (Å²) in [6.07, 6.45) is 0.903.